The summed E-state index contributed by atoms with van der Waals surface area (Å²) in [5.41, 5.74) is 13.6. The van der Waals surface area contributed by atoms with Crippen LogP contribution in [-0.2, 0) is 35.1 Å². The van der Waals surface area contributed by atoms with Crippen molar-refractivity contribution in [1.82, 2.24) is 0 Å². The number of hydrogen-bond acceptors (Lipinski definition) is 0. The van der Waals surface area contributed by atoms with Crippen LogP contribution in [0.15, 0.2) is 158 Å². The van der Waals surface area contributed by atoms with Crippen LogP contribution in [0, 0.1) is 19.9 Å². The molecule has 0 unspecified atom stereocenters. The molecule has 0 saturated carbocycles. The normalized spacial score (nSPS) is 11.9. The first-order valence-corrected chi connectivity index (χ1v) is 20.3. The fourth-order valence-electron chi connectivity index (χ4n) is 7.26. The number of benzene rings is 6. The van der Waals surface area contributed by atoms with Crippen molar-refractivity contribution in [3.8, 4) is 22.3 Å². The summed E-state index contributed by atoms with van der Waals surface area (Å²) in [6.07, 6.45) is 10.0. The zero-order valence-electron chi connectivity index (χ0n) is 34.0. The van der Waals surface area contributed by atoms with Gasteiger partial charge >= 0.3 is 99.2 Å². The molecule has 1 aliphatic rings. The molecule has 284 valence electrons. The molecule has 1 aliphatic carbocycles. The first-order valence-electron chi connectivity index (χ1n) is 19.1. The average molecular weight is 853 g/mol. The summed E-state index contributed by atoms with van der Waals surface area (Å²) in [5, 5.41) is 5.38. The van der Waals surface area contributed by atoms with E-state index in [1.807, 2.05) is 12.2 Å². The van der Waals surface area contributed by atoms with Crippen LogP contribution in [-0.4, -0.2) is 3.21 Å². The molecule has 0 amide bonds. The second-order valence-corrected chi connectivity index (χ2v) is 17.6. The van der Waals surface area contributed by atoms with Gasteiger partial charge < -0.3 is 0 Å². The number of hydrogen-bond donors (Lipinski definition) is 0. The molecule has 0 nitrogen and oxygen atoms in total. The Balaban J connectivity index is 0.000000273. The Morgan fingerprint density at radius 1 is 0.536 bits per heavy atom. The molecule has 8 rings (SSSR count). The van der Waals surface area contributed by atoms with E-state index in [0.717, 1.165) is 6.42 Å². The Hall–Kier alpha value is -4.00. The SMILES string of the molecule is Cc1ccccc1-c1cc2[cH-]c3cc(-c4ccccc4C)c(C(C)(C)C)cc3c2cc1C(C)(C)C.Cl.Cl.[C-]1=CC=CC1.[Zr+2]=[C](c1ccccc1)c1ccccc1. The predicted octanol–water partition coefficient (Wildman–Crippen LogP) is 15.2. The molecular weight excluding hydrogens is 799 g/mol. The molecule has 0 spiro atoms. The van der Waals surface area contributed by atoms with Gasteiger partial charge in [-0.25, -0.2) is 12.2 Å². The van der Waals surface area contributed by atoms with Crippen molar-refractivity contribution >= 4 is 49.6 Å². The zero-order valence-corrected chi connectivity index (χ0v) is 38.1. The van der Waals surface area contributed by atoms with Gasteiger partial charge in [0.2, 0.25) is 0 Å². The van der Waals surface area contributed by atoms with Gasteiger partial charge in [0.25, 0.3) is 0 Å². The average Bonchev–Trinajstić information content (AvgIpc) is 3.86. The van der Waals surface area contributed by atoms with E-state index >= 15 is 0 Å². The van der Waals surface area contributed by atoms with Crippen molar-refractivity contribution in [2.24, 2.45) is 0 Å². The third-order valence-corrected chi connectivity index (χ3v) is 11.6. The predicted molar refractivity (Wildman–Crippen MR) is 247 cm³/mol. The van der Waals surface area contributed by atoms with Crippen LogP contribution in [0.3, 0.4) is 0 Å². The summed E-state index contributed by atoms with van der Waals surface area (Å²) in [6.45, 7) is 18.4. The number of halogens is 2. The molecule has 7 aromatic rings. The van der Waals surface area contributed by atoms with Crippen LogP contribution in [0.2, 0.25) is 0 Å². The van der Waals surface area contributed by atoms with Crippen LogP contribution in [0.1, 0.15) is 81.3 Å². The maximum absolute atomic E-state index is 2.99. The summed E-state index contributed by atoms with van der Waals surface area (Å²) in [6, 6.07) is 50.9. The Morgan fingerprint density at radius 2 is 0.929 bits per heavy atom. The van der Waals surface area contributed by atoms with E-state index in [9.17, 15) is 0 Å². The van der Waals surface area contributed by atoms with Crippen molar-refractivity contribution in [3.05, 3.63) is 197 Å². The quantitative estimate of drug-likeness (QED) is 0.155. The zero-order chi connectivity index (χ0) is 38.5. The molecule has 3 heteroatoms. The molecule has 0 bridgehead atoms. The standard InChI is InChI=1S/C35H37.C13H10.C5H5.2ClH.Zr/c1-22-13-9-11-15-26(22)30-18-24-17-25-19-31(27-16-12-10-14-23(27)2)33(35(6,7)8)21-29(25)28(24)20-32(30)34(3,4)5;1-3-7-12(8-4-1)11-13-9-5-2-6-10-13;1-2-4-5-3-1;;;/h9-21H,1-8H3;1-10H;1-3H,4H2;2*1H;/q-1;;-1;;;+2. The van der Waals surface area contributed by atoms with E-state index in [2.05, 4.69) is 207 Å². The topological polar surface area (TPSA) is 0 Å². The fourth-order valence-corrected chi connectivity index (χ4v) is 8.08. The van der Waals surface area contributed by atoms with E-state index in [0.29, 0.717) is 0 Å². The molecule has 0 atom stereocenters. The molecule has 0 heterocycles. The van der Waals surface area contributed by atoms with Crippen LogP contribution >= 0.6 is 24.8 Å². The second-order valence-electron chi connectivity index (χ2n) is 16.4. The van der Waals surface area contributed by atoms with Gasteiger partial charge in [-0.05, 0) is 69.2 Å². The summed E-state index contributed by atoms with van der Waals surface area (Å²) in [7, 11) is 0. The van der Waals surface area contributed by atoms with Gasteiger partial charge in [-0.3, -0.25) is 6.08 Å². The van der Waals surface area contributed by atoms with Crippen LogP contribution in [0.25, 0.3) is 43.8 Å². The summed E-state index contributed by atoms with van der Waals surface area (Å²) in [5.74, 6) is 0. The van der Waals surface area contributed by atoms with E-state index in [1.54, 1.807) is 0 Å². The van der Waals surface area contributed by atoms with Crippen molar-refractivity contribution in [3.63, 3.8) is 0 Å². The monoisotopic (exact) mass is 850 g/mol. The van der Waals surface area contributed by atoms with E-state index in [1.165, 1.54) is 105 Å². The Bertz CT molecular complexity index is 2280. The number of allylic oxidation sites excluding steroid dienone is 4. The van der Waals surface area contributed by atoms with Gasteiger partial charge in [0, 0.05) is 0 Å². The van der Waals surface area contributed by atoms with Gasteiger partial charge in [0.1, 0.15) is 0 Å². The Labute approximate surface area is 363 Å². The molecule has 56 heavy (non-hydrogen) atoms. The van der Waals surface area contributed by atoms with E-state index in [-0.39, 0.29) is 35.6 Å². The fraction of sp³-hybridized carbons (Fsp3) is 0.208. The molecule has 0 N–H and O–H groups in total. The summed E-state index contributed by atoms with van der Waals surface area (Å²) in [4.78, 5) is 0. The molecular formula is C53H54Cl2Zr. The number of fused-ring (bicyclic) bond motifs is 3. The molecule has 0 aromatic heterocycles. The Kier molecular flexibility index (Phi) is 15.5. The molecule has 0 aliphatic heterocycles. The molecule has 0 radical (unpaired) electrons. The number of aryl methyl sites for hydroxylation is 2. The molecule has 7 aromatic carbocycles. The Morgan fingerprint density at radius 3 is 1.25 bits per heavy atom. The summed E-state index contributed by atoms with van der Waals surface area (Å²) >= 11 is 1.46. The van der Waals surface area contributed by atoms with Gasteiger partial charge in [0.05, 0.1) is 0 Å². The molecule has 0 saturated heterocycles. The van der Waals surface area contributed by atoms with Gasteiger partial charge in [0.15, 0.2) is 0 Å². The number of rotatable bonds is 4. The molecule has 0 fully saturated rings. The third kappa shape index (κ3) is 10.5. The van der Waals surface area contributed by atoms with Gasteiger partial charge in [-0.2, -0.15) is 6.08 Å². The van der Waals surface area contributed by atoms with Crippen LogP contribution in [0.4, 0.5) is 0 Å². The van der Waals surface area contributed by atoms with Crippen LogP contribution < -0.4 is 0 Å². The van der Waals surface area contributed by atoms with Crippen LogP contribution in [0.5, 0.6) is 0 Å². The van der Waals surface area contributed by atoms with Gasteiger partial charge in [-0.15, -0.1) is 71.0 Å². The second kappa shape index (κ2) is 19.4. The first-order chi connectivity index (χ1) is 25.8. The van der Waals surface area contributed by atoms with E-state index in [4.69, 9.17) is 0 Å². The minimum absolute atomic E-state index is 0. The van der Waals surface area contributed by atoms with Crippen molar-refractivity contribution in [2.75, 3.05) is 0 Å². The van der Waals surface area contributed by atoms with E-state index < -0.39 is 0 Å². The first kappa shape index (κ1) is 44.7. The maximum atomic E-state index is 2.99. The minimum atomic E-state index is 0. The van der Waals surface area contributed by atoms with Crippen molar-refractivity contribution in [1.29, 1.82) is 0 Å². The third-order valence-electron chi connectivity index (χ3n) is 10.2. The summed E-state index contributed by atoms with van der Waals surface area (Å²) < 4.78 is 1.42. The van der Waals surface area contributed by atoms with Crippen molar-refractivity contribution in [2.45, 2.75) is 72.6 Å². The van der Waals surface area contributed by atoms with Gasteiger partial charge in [-0.1, -0.05) is 102 Å². The van der Waals surface area contributed by atoms with Crippen molar-refractivity contribution < 1.29 is 24.2 Å².